The summed E-state index contributed by atoms with van der Waals surface area (Å²) in [5.74, 6) is 1.03. The highest BCUT2D eigenvalue weighted by atomic mass is 16.5. The Labute approximate surface area is 165 Å². The number of amides is 1. The van der Waals surface area contributed by atoms with Gasteiger partial charge in [-0.05, 0) is 63.1 Å². The number of aryl methyl sites for hydroxylation is 2. The third-order valence-electron chi connectivity index (χ3n) is 4.10. The van der Waals surface area contributed by atoms with E-state index in [0.29, 0.717) is 11.5 Å². The number of para-hydroxylation sites is 1. The minimum absolute atomic E-state index is 0.103. The van der Waals surface area contributed by atoms with Crippen LogP contribution in [0.5, 0.6) is 5.75 Å². The van der Waals surface area contributed by atoms with E-state index in [1.807, 2.05) is 58.0 Å². The monoisotopic (exact) mass is 376 g/mol. The molecule has 0 fully saturated rings. The number of carbonyl (C=O) groups excluding carboxylic acids is 1. The van der Waals surface area contributed by atoms with Crippen LogP contribution in [0.2, 0.25) is 0 Å². The van der Waals surface area contributed by atoms with Crippen LogP contribution in [0.1, 0.15) is 35.5 Å². The van der Waals surface area contributed by atoms with Crippen molar-refractivity contribution in [3.8, 4) is 5.75 Å². The molecule has 0 aliphatic carbocycles. The zero-order valence-electron chi connectivity index (χ0n) is 16.5. The van der Waals surface area contributed by atoms with Crippen molar-refractivity contribution >= 4 is 23.1 Å². The van der Waals surface area contributed by atoms with Crippen LogP contribution in [0.15, 0.2) is 54.9 Å². The molecule has 0 unspecified atom stereocenters. The summed E-state index contributed by atoms with van der Waals surface area (Å²) in [5.41, 5.74) is 4.15. The molecule has 0 spiro atoms. The second-order valence-electron chi connectivity index (χ2n) is 6.82. The molecule has 3 rings (SSSR count). The molecular formula is C22H24N4O2. The maximum absolute atomic E-state index is 12.4. The third-order valence-corrected chi connectivity index (χ3v) is 4.10. The summed E-state index contributed by atoms with van der Waals surface area (Å²) in [6.45, 7) is 7.99. The maximum Gasteiger partial charge on any atom is 0.275 e. The van der Waals surface area contributed by atoms with Gasteiger partial charge < -0.3 is 15.4 Å². The predicted octanol–water partition coefficient (Wildman–Crippen LogP) is 4.88. The Morgan fingerprint density at radius 1 is 0.964 bits per heavy atom. The Morgan fingerprint density at radius 2 is 1.64 bits per heavy atom. The Morgan fingerprint density at radius 3 is 2.21 bits per heavy atom. The van der Waals surface area contributed by atoms with Gasteiger partial charge in [0, 0.05) is 11.4 Å². The largest absolute Gasteiger partial charge is 0.491 e. The van der Waals surface area contributed by atoms with Crippen molar-refractivity contribution in [2.75, 3.05) is 10.6 Å². The van der Waals surface area contributed by atoms with Crippen molar-refractivity contribution in [3.05, 3.63) is 71.7 Å². The first kappa shape index (κ1) is 19.4. The molecule has 6 nitrogen and oxygen atoms in total. The van der Waals surface area contributed by atoms with Gasteiger partial charge in [0.2, 0.25) is 0 Å². The number of benzene rings is 2. The smallest absolute Gasteiger partial charge is 0.275 e. The Hall–Kier alpha value is -3.41. The quantitative estimate of drug-likeness (QED) is 0.641. The van der Waals surface area contributed by atoms with E-state index in [0.717, 1.165) is 22.6 Å². The lowest BCUT2D eigenvalue weighted by Crippen LogP contribution is -2.14. The zero-order chi connectivity index (χ0) is 20.1. The van der Waals surface area contributed by atoms with Crippen molar-refractivity contribution in [2.45, 2.75) is 33.8 Å². The molecule has 1 amide bonds. The zero-order valence-corrected chi connectivity index (χ0v) is 16.5. The molecule has 0 radical (unpaired) electrons. The van der Waals surface area contributed by atoms with Crippen LogP contribution in [0, 0.1) is 13.8 Å². The normalized spacial score (nSPS) is 10.6. The van der Waals surface area contributed by atoms with E-state index in [9.17, 15) is 4.79 Å². The molecule has 28 heavy (non-hydrogen) atoms. The van der Waals surface area contributed by atoms with Crippen molar-refractivity contribution in [1.82, 2.24) is 9.97 Å². The van der Waals surface area contributed by atoms with Crippen LogP contribution in [0.3, 0.4) is 0 Å². The van der Waals surface area contributed by atoms with Crippen molar-refractivity contribution in [2.24, 2.45) is 0 Å². The van der Waals surface area contributed by atoms with Gasteiger partial charge in [0.25, 0.3) is 5.91 Å². The van der Waals surface area contributed by atoms with Gasteiger partial charge in [0.1, 0.15) is 17.3 Å². The second kappa shape index (κ2) is 8.52. The van der Waals surface area contributed by atoms with Gasteiger partial charge in [-0.15, -0.1) is 0 Å². The summed E-state index contributed by atoms with van der Waals surface area (Å²) in [7, 11) is 0. The average molecular weight is 376 g/mol. The highest BCUT2D eigenvalue weighted by Crippen LogP contribution is 2.23. The molecule has 144 valence electrons. The third kappa shape index (κ3) is 4.85. The van der Waals surface area contributed by atoms with Crippen molar-refractivity contribution < 1.29 is 9.53 Å². The summed E-state index contributed by atoms with van der Waals surface area (Å²) in [6.07, 6.45) is 3.12. The SMILES string of the molecule is Cc1cccc(C)c1Nc1cnc(C(=O)Nc2ccc(OC(C)C)cc2)cn1. The van der Waals surface area contributed by atoms with E-state index < -0.39 is 0 Å². The van der Waals surface area contributed by atoms with Crippen LogP contribution < -0.4 is 15.4 Å². The van der Waals surface area contributed by atoms with Crippen LogP contribution in [0.25, 0.3) is 0 Å². The van der Waals surface area contributed by atoms with E-state index in [4.69, 9.17) is 4.74 Å². The fraction of sp³-hybridized carbons (Fsp3) is 0.227. The molecule has 1 aromatic heterocycles. The van der Waals surface area contributed by atoms with Gasteiger partial charge in [0.15, 0.2) is 0 Å². The average Bonchev–Trinajstić information content (AvgIpc) is 2.66. The number of rotatable bonds is 6. The highest BCUT2D eigenvalue weighted by Gasteiger charge is 2.10. The predicted molar refractivity (Wildman–Crippen MR) is 111 cm³/mol. The molecular weight excluding hydrogens is 352 g/mol. The van der Waals surface area contributed by atoms with Gasteiger partial charge in [-0.25, -0.2) is 9.97 Å². The Kier molecular flexibility index (Phi) is 5.89. The minimum atomic E-state index is -0.316. The van der Waals surface area contributed by atoms with Gasteiger partial charge in [0.05, 0.1) is 18.5 Å². The van der Waals surface area contributed by atoms with Gasteiger partial charge in [-0.3, -0.25) is 4.79 Å². The number of nitrogens with one attached hydrogen (secondary N) is 2. The van der Waals surface area contributed by atoms with E-state index >= 15 is 0 Å². The Balaban J connectivity index is 1.65. The maximum atomic E-state index is 12.4. The lowest BCUT2D eigenvalue weighted by atomic mass is 10.1. The van der Waals surface area contributed by atoms with Crippen molar-refractivity contribution in [3.63, 3.8) is 0 Å². The number of aromatic nitrogens is 2. The molecule has 2 N–H and O–H groups in total. The summed E-state index contributed by atoms with van der Waals surface area (Å²) in [4.78, 5) is 20.9. The molecule has 6 heteroatoms. The van der Waals surface area contributed by atoms with E-state index in [1.54, 1.807) is 18.3 Å². The molecule has 0 aliphatic heterocycles. The summed E-state index contributed by atoms with van der Waals surface area (Å²) in [6, 6.07) is 13.3. The van der Waals surface area contributed by atoms with Crippen molar-refractivity contribution in [1.29, 1.82) is 0 Å². The first-order valence-corrected chi connectivity index (χ1v) is 9.15. The first-order chi connectivity index (χ1) is 13.4. The van der Waals surface area contributed by atoms with E-state index in [-0.39, 0.29) is 17.7 Å². The van der Waals surface area contributed by atoms with Gasteiger partial charge >= 0.3 is 0 Å². The summed E-state index contributed by atoms with van der Waals surface area (Å²) in [5, 5.41) is 6.07. The lowest BCUT2D eigenvalue weighted by Gasteiger charge is -2.12. The van der Waals surface area contributed by atoms with Gasteiger partial charge in [-0.1, -0.05) is 18.2 Å². The molecule has 1 heterocycles. The number of anilines is 3. The number of ether oxygens (including phenoxy) is 1. The van der Waals surface area contributed by atoms with Crippen LogP contribution in [-0.4, -0.2) is 22.0 Å². The lowest BCUT2D eigenvalue weighted by molar-refractivity contribution is 0.102. The van der Waals surface area contributed by atoms with Gasteiger partial charge in [-0.2, -0.15) is 0 Å². The minimum Gasteiger partial charge on any atom is -0.491 e. The molecule has 0 saturated heterocycles. The fourth-order valence-corrected chi connectivity index (χ4v) is 2.73. The number of nitrogens with zero attached hydrogens (tertiary/aromatic N) is 2. The molecule has 0 aliphatic rings. The second-order valence-corrected chi connectivity index (χ2v) is 6.82. The molecule has 0 bridgehead atoms. The van der Waals surface area contributed by atoms with Crippen LogP contribution in [-0.2, 0) is 0 Å². The molecule has 0 atom stereocenters. The fourth-order valence-electron chi connectivity index (χ4n) is 2.73. The standard InChI is InChI=1S/C22H24N4O2/c1-14(2)28-18-10-8-17(9-11-18)25-22(27)19-12-24-20(13-23-19)26-21-15(3)6-5-7-16(21)4/h5-14H,1-4H3,(H,24,26)(H,25,27). The summed E-state index contributed by atoms with van der Waals surface area (Å²) < 4.78 is 5.60. The molecule has 3 aromatic rings. The Bertz CT molecular complexity index is 931. The highest BCUT2D eigenvalue weighted by molar-refractivity contribution is 6.02. The van der Waals surface area contributed by atoms with E-state index in [2.05, 4.69) is 20.6 Å². The molecule has 0 saturated carbocycles. The first-order valence-electron chi connectivity index (χ1n) is 9.15. The van der Waals surface area contributed by atoms with E-state index in [1.165, 1.54) is 6.20 Å². The van der Waals surface area contributed by atoms with Crippen LogP contribution in [0.4, 0.5) is 17.2 Å². The topological polar surface area (TPSA) is 76.1 Å². The molecule has 2 aromatic carbocycles. The number of carbonyl (C=O) groups is 1. The number of hydrogen-bond donors (Lipinski definition) is 2. The number of hydrogen-bond acceptors (Lipinski definition) is 5. The van der Waals surface area contributed by atoms with Crippen LogP contribution >= 0.6 is 0 Å². The summed E-state index contributed by atoms with van der Waals surface area (Å²) >= 11 is 0.